The van der Waals surface area contributed by atoms with Gasteiger partial charge < -0.3 is 4.57 Å². The Balaban J connectivity index is 4.18. The molecule has 13 heavy (non-hydrogen) atoms. The van der Waals surface area contributed by atoms with E-state index in [9.17, 15) is 4.57 Å². The van der Waals surface area contributed by atoms with Gasteiger partial charge in [0, 0.05) is 0 Å². The number of hydrogen-bond donors (Lipinski definition) is 0. The Bertz CT molecular complexity index is 168. The van der Waals surface area contributed by atoms with Crippen LogP contribution in [0.4, 0.5) is 0 Å². The van der Waals surface area contributed by atoms with Crippen LogP contribution in [-0.2, 0) is 4.57 Å². The molecule has 0 amide bonds. The molecule has 0 aliphatic rings. The van der Waals surface area contributed by atoms with Gasteiger partial charge in [-0.15, -0.1) is 0 Å². The van der Waals surface area contributed by atoms with Gasteiger partial charge in [0.15, 0.2) is 0 Å². The van der Waals surface area contributed by atoms with Gasteiger partial charge >= 0.3 is 0 Å². The number of nitrogens with zero attached hydrogens (tertiary/aromatic N) is 2. The molecule has 0 aromatic carbocycles. The maximum Gasteiger partial charge on any atom is 0.0766 e. The summed E-state index contributed by atoms with van der Waals surface area (Å²) >= 11 is 0. The fourth-order valence-corrected chi connectivity index (χ4v) is 3.04. The molecular weight excluding hydrogens is 183 g/mol. The highest BCUT2D eigenvalue weighted by Crippen LogP contribution is 2.53. The van der Waals surface area contributed by atoms with Crippen molar-refractivity contribution in [1.82, 2.24) is 9.34 Å². The first kappa shape index (κ1) is 13.2. The van der Waals surface area contributed by atoms with Gasteiger partial charge in [0.2, 0.25) is 0 Å². The molecule has 0 unspecified atom stereocenters. The Labute approximate surface area is 82.6 Å². The Kier molecular flexibility index (Phi) is 5.86. The highest BCUT2D eigenvalue weighted by atomic mass is 31.2. The molecule has 3 nitrogen and oxygen atoms in total. The van der Waals surface area contributed by atoms with Gasteiger partial charge in [0.1, 0.15) is 0 Å². The predicted octanol–water partition coefficient (Wildman–Crippen LogP) is 2.65. The summed E-state index contributed by atoms with van der Waals surface area (Å²) in [7, 11) is 5.11. The number of rotatable bonds is 6. The van der Waals surface area contributed by atoms with Gasteiger partial charge in [0.25, 0.3) is 0 Å². The van der Waals surface area contributed by atoms with Gasteiger partial charge in [-0.1, -0.05) is 19.8 Å². The van der Waals surface area contributed by atoms with Gasteiger partial charge in [0.05, 0.1) is 7.44 Å². The minimum absolute atomic E-state index is 0.935. The lowest BCUT2D eigenvalue weighted by Gasteiger charge is -2.38. The maximum atomic E-state index is 12.3. The summed E-state index contributed by atoms with van der Waals surface area (Å²) in [4.78, 5) is 0. The van der Waals surface area contributed by atoms with E-state index in [1.165, 1.54) is 0 Å². The number of unbranched alkanes of at least 4 members (excludes halogenated alkanes) is 2. The summed E-state index contributed by atoms with van der Waals surface area (Å²) in [5.74, 6) is 0. The molecule has 0 saturated heterocycles. The second kappa shape index (κ2) is 5.79. The van der Waals surface area contributed by atoms with Crippen LogP contribution >= 0.6 is 7.44 Å². The van der Waals surface area contributed by atoms with Gasteiger partial charge in [-0.05, 0) is 28.2 Å². The van der Waals surface area contributed by atoms with Gasteiger partial charge in [-0.25, -0.2) is 6.16 Å². The summed E-state index contributed by atoms with van der Waals surface area (Å²) in [5.41, 5.74) is 0. The zero-order valence-electron chi connectivity index (χ0n) is 9.45. The van der Waals surface area contributed by atoms with Crippen molar-refractivity contribution in [3.8, 4) is 0 Å². The predicted molar refractivity (Wildman–Crippen MR) is 58.8 cm³/mol. The van der Waals surface area contributed by atoms with E-state index in [2.05, 4.69) is 6.92 Å². The maximum absolute atomic E-state index is 12.3. The molecule has 4 heteroatoms. The topological polar surface area (TPSA) is 23.6 Å². The quantitative estimate of drug-likeness (QED) is 0.378. The third-order valence-corrected chi connectivity index (χ3v) is 5.10. The molecule has 0 aliphatic heterocycles. The van der Waals surface area contributed by atoms with E-state index in [-0.39, 0.29) is 0 Å². The van der Waals surface area contributed by atoms with Gasteiger partial charge in [-0.2, -0.15) is 6.42 Å². The molecule has 0 fully saturated rings. The van der Waals surface area contributed by atoms with Crippen molar-refractivity contribution in [2.75, 3.05) is 28.2 Å². The van der Waals surface area contributed by atoms with Crippen molar-refractivity contribution in [2.24, 2.45) is 0 Å². The first-order chi connectivity index (χ1) is 5.95. The number of hydrogen-bond acceptors (Lipinski definition) is 1. The Hall–Kier alpha value is 0.150. The molecule has 80 valence electrons. The van der Waals surface area contributed by atoms with E-state index in [0.717, 1.165) is 19.3 Å². The first-order valence-electron chi connectivity index (χ1n) is 4.74. The Morgan fingerprint density at radius 3 is 1.92 bits per heavy atom. The van der Waals surface area contributed by atoms with Crippen LogP contribution in [0.1, 0.15) is 26.2 Å². The van der Waals surface area contributed by atoms with E-state index in [4.69, 9.17) is 0 Å². The molecule has 0 aromatic rings. The first-order valence-corrected chi connectivity index (χ1v) is 6.43. The van der Waals surface area contributed by atoms with Crippen molar-refractivity contribution < 1.29 is 4.57 Å². The van der Waals surface area contributed by atoms with Crippen molar-refractivity contribution in [1.29, 1.82) is 0 Å². The molecule has 0 aromatic heterocycles. The molecule has 0 bridgehead atoms. The van der Waals surface area contributed by atoms with Crippen molar-refractivity contribution in [2.45, 2.75) is 26.2 Å². The van der Waals surface area contributed by atoms with Crippen LogP contribution < -0.4 is 0 Å². The summed E-state index contributed by atoms with van der Waals surface area (Å²) in [6, 6.07) is 0. The lowest BCUT2D eigenvalue weighted by atomic mass is 10.3. The van der Waals surface area contributed by atoms with Crippen LogP contribution in [0.5, 0.6) is 0 Å². The molecule has 0 radical (unpaired) electrons. The van der Waals surface area contributed by atoms with E-state index in [0.29, 0.717) is 0 Å². The second-order valence-corrected chi connectivity index (χ2v) is 6.75. The van der Waals surface area contributed by atoms with E-state index in [1.807, 2.05) is 43.7 Å². The second-order valence-electron chi connectivity index (χ2n) is 3.61. The van der Waals surface area contributed by atoms with Crippen LogP contribution in [-0.4, -0.2) is 37.5 Å². The summed E-state index contributed by atoms with van der Waals surface area (Å²) in [6.45, 7) is 2.14. The molecule has 0 rings (SSSR count). The minimum Gasteiger partial charge on any atom is -0.324 e. The van der Waals surface area contributed by atoms with E-state index < -0.39 is 7.44 Å². The summed E-state index contributed by atoms with van der Waals surface area (Å²) in [5, 5.41) is 0. The van der Waals surface area contributed by atoms with Crippen molar-refractivity contribution in [3.63, 3.8) is 0 Å². The Morgan fingerprint density at radius 2 is 1.62 bits per heavy atom. The Morgan fingerprint density at radius 1 is 1.15 bits per heavy atom. The zero-order chi connectivity index (χ0) is 10.5. The monoisotopic (exact) mass is 205 g/mol. The average Bonchev–Trinajstić information content (AvgIpc) is 2.03. The third-order valence-electron chi connectivity index (χ3n) is 2.07. The van der Waals surface area contributed by atoms with Crippen LogP contribution in [0.15, 0.2) is 0 Å². The van der Waals surface area contributed by atoms with Gasteiger partial charge in [-0.3, -0.25) is 9.34 Å². The largest absolute Gasteiger partial charge is 0.324 e. The SMILES string of the molecule is CCCC[CH-]P(=O)(N(C)C)N(C)C. The summed E-state index contributed by atoms with van der Waals surface area (Å²) in [6.07, 6.45) is 5.16. The molecule has 0 saturated carbocycles. The fourth-order valence-electron chi connectivity index (χ4n) is 1.15. The van der Waals surface area contributed by atoms with Crippen LogP contribution in [0.2, 0.25) is 0 Å². The van der Waals surface area contributed by atoms with E-state index >= 15 is 0 Å². The highest BCUT2D eigenvalue weighted by Gasteiger charge is 2.16. The molecular formula is C9H22N2OP-. The molecule has 0 N–H and O–H groups in total. The van der Waals surface area contributed by atoms with E-state index in [1.54, 1.807) is 0 Å². The molecule has 0 aliphatic carbocycles. The normalized spacial score (nSPS) is 12.8. The lowest BCUT2D eigenvalue weighted by molar-refractivity contribution is 0.452. The third kappa shape index (κ3) is 3.80. The zero-order valence-corrected chi connectivity index (χ0v) is 10.3. The highest BCUT2D eigenvalue weighted by molar-refractivity contribution is 7.61. The van der Waals surface area contributed by atoms with Crippen molar-refractivity contribution in [3.05, 3.63) is 6.16 Å². The average molecular weight is 205 g/mol. The van der Waals surface area contributed by atoms with Crippen LogP contribution in [0.3, 0.4) is 0 Å². The standard InChI is InChI=1S/C9H22N2OP/c1-6-7-8-9-13(12,10(2)3)11(4)5/h9H,6-8H2,1-5H3/q-1. The smallest absolute Gasteiger partial charge is 0.0766 e. The van der Waals surface area contributed by atoms with Crippen LogP contribution in [0.25, 0.3) is 0 Å². The minimum atomic E-state index is -2.35. The molecule has 0 spiro atoms. The summed E-state index contributed by atoms with van der Waals surface area (Å²) < 4.78 is 15.9. The van der Waals surface area contributed by atoms with Crippen LogP contribution in [0, 0.1) is 6.16 Å². The molecule has 0 atom stereocenters. The van der Waals surface area contributed by atoms with Crippen molar-refractivity contribution >= 4 is 7.44 Å². The lowest BCUT2D eigenvalue weighted by Crippen LogP contribution is -2.20. The fraction of sp³-hybridized carbons (Fsp3) is 0.889. The molecule has 0 heterocycles.